The Kier molecular flexibility index (Phi) is 4.70. The van der Waals surface area contributed by atoms with Crippen LogP contribution < -0.4 is 0 Å². The van der Waals surface area contributed by atoms with Gasteiger partial charge in [0.2, 0.25) is 0 Å². The number of nitrogens with zero attached hydrogens (tertiary/aromatic N) is 3. The van der Waals surface area contributed by atoms with Gasteiger partial charge >= 0.3 is 5.97 Å². The lowest BCUT2D eigenvalue weighted by molar-refractivity contribution is -0.142. The summed E-state index contributed by atoms with van der Waals surface area (Å²) in [6.07, 6.45) is 0. The van der Waals surface area contributed by atoms with Gasteiger partial charge in [0, 0.05) is 45.3 Å². The van der Waals surface area contributed by atoms with Crippen molar-refractivity contribution in [2.24, 2.45) is 5.92 Å². The second-order valence-corrected chi connectivity index (χ2v) is 7.51. The molecule has 0 unspecified atom stereocenters. The molecule has 2 aliphatic heterocycles. The zero-order chi connectivity index (χ0) is 16.6. The maximum atomic E-state index is 12.7. The summed E-state index contributed by atoms with van der Waals surface area (Å²) < 4.78 is 0. The van der Waals surface area contributed by atoms with Gasteiger partial charge in [0.15, 0.2) is 0 Å². The Balaban J connectivity index is 1.71. The first-order valence-electron chi connectivity index (χ1n) is 7.94. The standard InChI is InChI=1S/C16H23N3O3S/c1-11-3-6-23-14(11)15(20)19-5-4-18-8-12(16(21)22)7-17(2)9-13(18)10-19/h3,6,12-13H,4-5,7-10H2,1-2H3,(H,21,22)/t12-,13-/m0/s1. The number of fused-ring (bicyclic) bond motifs is 1. The van der Waals surface area contributed by atoms with E-state index in [1.807, 2.05) is 30.3 Å². The van der Waals surface area contributed by atoms with Crippen molar-refractivity contribution in [3.8, 4) is 0 Å². The summed E-state index contributed by atoms with van der Waals surface area (Å²) in [4.78, 5) is 31.2. The number of hydrogen-bond acceptors (Lipinski definition) is 5. The number of aryl methyl sites for hydroxylation is 1. The maximum absolute atomic E-state index is 12.7. The number of carbonyl (C=O) groups is 2. The van der Waals surface area contributed by atoms with E-state index in [2.05, 4.69) is 9.80 Å². The van der Waals surface area contributed by atoms with E-state index in [0.717, 1.165) is 23.5 Å². The highest BCUT2D eigenvalue weighted by atomic mass is 32.1. The smallest absolute Gasteiger partial charge is 0.309 e. The maximum Gasteiger partial charge on any atom is 0.309 e. The van der Waals surface area contributed by atoms with Crippen LogP contribution in [0.5, 0.6) is 0 Å². The van der Waals surface area contributed by atoms with Crippen molar-refractivity contribution in [1.82, 2.24) is 14.7 Å². The second kappa shape index (κ2) is 6.59. The van der Waals surface area contributed by atoms with E-state index in [-0.39, 0.29) is 17.9 Å². The van der Waals surface area contributed by atoms with Gasteiger partial charge in [-0.2, -0.15) is 0 Å². The Labute approximate surface area is 140 Å². The number of carboxylic acid groups (broad SMARTS) is 1. The van der Waals surface area contributed by atoms with E-state index in [0.29, 0.717) is 26.2 Å². The van der Waals surface area contributed by atoms with Crippen LogP contribution in [0.1, 0.15) is 15.2 Å². The quantitative estimate of drug-likeness (QED) is 0.866. The van der Waals surface area contributed by atoms with Gasteiger partial charge < -0.3 is 14.9 Å². The van der Waals surface area contributed by atoms with Crippen molar-refractivity contribution in [2.45, 2.75) is 13.0 Å². The van der Waals surface area contributed by atoms with Crippen LogP contribution in [0.4, 0.5) is 0 Å². The van der Waals surface area contributed by atoms with E-state index in [9.17, 15) is 14.7 Å². The molecule has 126 valence electrons. The first kappa shape index (κ1) is 16.4. The molecule has 2 atom stereocenters. The van der Waals surface area contributed by atoms with Gasteiger partial charge in [-0.15, -0.1) is 11.3 Å². The largest absolute Gasteiger partial charge is 0.481 e. The predicted molar refractivity (Wildman–Crippen MR) is 88.9 cm³/mol. The molecule has 1 aromatic rings. The van der Waals surface area contributed by atoms with Crippen molar-refractivity contribution < 1.29 is 14.7 Å². The summed E-state index contributed by atoms with van der Waals surface area (Å²) in [5.74, 6) is -0.976. The molecule has 3 heterocycles. The van der Waals surface area contributed by atoms with E-state index in [1.165, 1.54) is 11.3 Å². The molecular formula is C16H23N3O3S. The molecule has 2 saturated heterocycles. The molecule has 2 aliphatic rings. The Bertz CT molecular complexity index is 603. The number of piperazine rings is 1. The molecule has 0 saturated carbocycles. The van der Waals surface area contributed by atoms with Gasteiger partial charge in [-0.1, -0.05) is 0 Å². The van der Waals surface area contributed by atoms with Crippen LogP contribution in [-0.2, 0) is 4.79 Å². The van der Waals surface area contributed by atoms with Crippen molar-refractivity contribution in [1.29, 1.82) is 0 Å². The van der Waals surface area contributed by atoms with E-state index in [4.69, 9.17) is 0 Å². The van der Waals surface area contributed by atoms with Crippen LogP contribution in [0.2, 0.25) is 0 Å². The molecule has 0 radical (unpaired) electrons. The molecule has 0 aliphatic carbocycles. The number of carbonyl (C=O) groups excluding carboxylic acids is 1. The second-order valence-electron chi connectivity index (χ2n) is 6.59. The van der Waals surface area contributed by atoms with Crippen molar-refractivity contribution >= 4 is 23.2 Å². The van der Waals surface area contributed by atoms with Crippen LogP contribution in [0, 0.1) is 12.8 Å². The Morgan fingerprint density at radius 1 is 1.22 bits per heavy atom. The fourth-order valence-electron chi connectivity index (χ4n) is 3.53. The minimum atomic E-state index is -0.731. The average Bonchev–Trinajstić information content (AvgIpc) is 2.84. The van der Waals surface area contributed by atoms with Gasteiger partial charge in [-0.05, 0) is 31.0 Å². The summed E-state index contributed by atoms with van der Waals surface area (Å²) >= 11 is 1.50. The third-order valence-electron chi connectivity index (χ3n) is 4.81. The molecule has 1 N–H and O–H groups in total. The van der Waals surface area contributed by atoms with Crippen LogP contribution in [-0.4, -0.2) is 84.0 Å². The lowest BCUT2D eigenvalue weighted by Gasteiger charge is -2.41. The summed E-state index contributed by atoms with van der Waals surface area (Å²) in [5, 5.41) is 11.3. The summed E-state index contributed by atoms with van der Waals surface area (Å²) in [6.45, 7) is 6.01. The molecule has 7 heteroatoms. The van der Waals surface area contributed by atoms with Crippen molar-refractivity contribution in [3.05, 3.63) is 21.9 Å². The topological polar surface area (TPSA) is 64.1 Å². The first-order chi connectivity index (χ1) is 11.0. The third-order valence-corrected chi connectivity index (χ3v) is 5.81. The SMILES string of the molecule is Cc1ccsc1C(=O)N1CCN2C[C@@H](C(=O)O)CN(C)C[C@H]2C1. The average molecular weight is 337 g/mol. The fraction of sp³-hybridized carbons (Fsp3) is 0.625. The number of hydrogen-bond donors (Lipinski definition) is 1. The van der Waals surface area contributed by atoms with Crippen LogP contribution >= 0.6 is 11.3 Å². The molecule has 1 aromatic heterocycles. The number of carboxylic acids is 1. The Morgan fingerprint density at radius 2 is 2.00 bits per heavy atom. The molecule has 2 fully saturated rings. The van der Waals surface area contributed by atoms with Gasteiger partial charge in [-0.25, -0.2) is 0 Å². The van der Waals surface area contributed by atoms with E-state index >= 15 is 0 Å². The third kappa shape index (κ3) is 3.41. The van der Waals surface area contributed by atoms with Crippen molar-refractivity contribution in [2.75, 3.05) is 46.3 Å². The molecular weight excluding hydrogens is 314 g/mol. The highest BCUT2D eigenvalue weighted by Gasteiger charge is 2.36. The first-order valence-corrected chi connectivity index (χ1v) is 8.82. The van der Waals surface area contributed by atoms with Gasteiger partial charge in [0.25, 0.3) is 5.91 Å². The fourth-order valence-corrected chi connectivity index (χ4v) is 4.43. The van der Waals surface area contributed by atoms with E-state index in [1.54, 1.807) is 0 Å². The van der Waals surface area contributed by atoms with Crippen molar-refractivity contribution in [3.63, 3.8) is 0 Å². The van der Waals surface area contributed by atoms with Gasteiger partial charge in [0.05, 0.1) is 10.8 Å². The van der Waals surface area contributed by atoms with Crippen LogP contribution in [0.25, 0.3) is 0 Å². The van der Waals surface area contributed by atoms with E-state index < -0.39 is 5.97 Å². The molecule has 0 spiro atoms. The lowest BCUT2D eigenvalue weighted by atomic mass is 10.1. The minimum Gasteiger partial charge on any atom is -0.481 e. The molecule has 6 nitrogen and oxygen atoms in total. The highest BCUT2D eigenvalue weighted by Crippen LogP contribution is 2.22. The Hall–Kier alpha value is -1.44. The normalized spacial score (nSPS) is 26.6. The highest BCUT2D eigenvalue weighted by molar-refractivity contribution is 7.12. The molecule has 0 aromatic carbocycles. The van der Waals surface area contributed by atoms with Gasteiger partial charge in [-0.3, -0.25) is 14.5 Å². The van der Waals surface area contributed by atoms with Gasteiger partial charge in [0.1, 0.15) is 0 Å². The number of amides is 1. The zero-order valence-electron chi connectivity index (χ0n) is 13.6. The summed E-state index contributed by atoms with van der Waals surface area (Å²) in [6, 6.07) is 2.19. The number of aliphatic carboxylic acids is 1. The Morgan fingerprint density at radius 3 is 2.65 bits per heavy atom. The number of rotatable bonds is 2. The zero-order valence-corrected chi connectivity index (χ0v) is 14.4. The monoisotopic (exact) mass is 337 g/mol. The molecule has 1 amide bonds. The van der Waals surface area contributed by atoms with Crippen LogP contribution in [0.15, 0.2) is 11.4 Å². The van der Waals surface area contributed by atoms with Crippen LogP contribution in [0.3, 0.4) is 0 Å². The number of thiophene rings is 1. The summed E-state index contributed by atoms with van der Waals surface area (Å²) in [5.41, 5.74) is 1.03. The molecule has 3 rings (SSSR count). The predicted octanol–water partition coefficient (Wildman–Crippen LogP) is 0.829. The summed E-state index contributed by atoms with van der Waals surface area (Å²) in [7, 11) is 1.96. The minimum absolute atomic E-state index is 0.110. The molecule has 23 heavy (non-hydrogen) atoms. The number of likely N-dealkylation sites (N-methyl/N-ethyl adjacent to an activating group) is 1. The lowest BCUT2D eigenvalue weighted by Crippen LogP contribution is -2.57. The molecule has 0 bridgehead atoms.